The summed E-state index contributed by atoms with van der Waals surface area (Å²) in [4.78, 5) is 2.90. The van der Waals surface area contributed by atoms with Crippen LogP contribution in [0.15, 0.2) is 0 Å². The lowest BCUT2D eigenvalue weighted by Crippen LogP contribution is -2.47. The van der Waals surface area contributed by atoms with Gasteiger partial charge in [-0.25, -0.2) is 0 Å². The highest BCUT2D eigenvalue weighted by Gasteiger charge is 2.21. The van der Waals surface area contributed by atoms with Crippen LogP contribution in [0.3, 0.4) is 0 Å². The van der Waals surface area contributed by atoms with Crippen LogP contribution in [-0.2, 0) is 4.74 Å². The van der Waals surface area contributed by atoms with E-state index in [1.165, 1.54) is 25.7 Å². The van der Waals surface area contributed by atoms with Gasteiger partial charge in [0.15, 0.2) is 0 Å². The fourth-order valence-corrected chi connectivity index (χ4v) is 1.98. The van der Waals surface area contributed by atoms with Gasteiger partial charge in [0.05, 0.1) is 6.61 Å². The van der Waals surface area contributed by atoms with E-state index in [0.29, 0.717) is 4.99 Å². The van der Waals surface area contributed by atoms with E-state index in [9.17, 15) is 0 Å². The van der Waals surface area contributed by atoms with Gasteiger partial charge in [-0.2, -0.15) is 0 Å². The zero-order valence-corrected chi connectivity index (χ0v) is 10.4. The number of morpholine rings is 1. The van der Waals surface area contributed by atoms with Gasteiger partial charge in [0.1, 0.15) is 11.1 Å². The molecule has 2 N–H and O–H groups in total. The quantitative estimate of drug-likeness (QED) is 0.555. The number of hydrogen-bond acceptors (Lipinski definition) is 3. The molecule has 1 aliphatic rings. The van der Waals surface area contributed by atoms with Crippen molar-refractivity contribution in [3.05, 3.63) is 0 Å². The first-order chi connectivity index (χ1) is 7.24. The Morgan fingerprint density at radius 3 is 2.93 bits per heavy atom. The second-order valence-corrected chi connectivity index (χ2v) is 4.59. The van der Waals surface area contributed by atoms with Crippen LogP contribution in [0, 0.1) is 0 Å². The maximum Gasteiger partial charge on any atom is 0.120 e. The molecule has 1 fully saturated rings. The van der Waals surface area contributed by atoms with E-state index in [-0.39, 0.29) is 6.10 Å². The molecule has 1 aliphatic heterocycles. The van der Waals surface area contributed by atoms with Crippen LogP contribution in [0.4, 0.5) is 0 Å². The molecule has 0 spiro atoms. The Morgan fingerprint density at radius 2 is 2.27 bits per heavy atom. The molecule has 0 aliphatic carbocycles. The lowest BCUT2D eigenvalue weighted by Gasteiger charge is -2.32. The highest BCUT2D eigenvalue weighted by molar-refractivity contribution is 7.80. The van der Waals surface area contributed by atoms with Crippen molar-refractivity contribution >= 4 is 17.2 Å². The second-order valence-electron chi connectivity index (χ2n) is 4.12. The Bertz CT molecular complexity index is 199. The second kappa shape index (κ2) is 7.14. The van der Waals surface area contributed by atoms with Gasteiger partial charge >= 0.3 is 0 Å². The van der Waals surface area contributed by atoms with Gasteiger partial charge in [0, 0.05) is 13.1 Å². The molecule has 3 nitrogen and oxygen atoms in total. The monoisotopic (exact) mass is 230 g/mol. The molecule has 1 unspecified atom stereocenters. The summed E-state index contributed by atoms with van der Waals surface area (Å²) in [6.45, 7) is 6.04. The minimum atomic E-state index is -0.0278. The Labute approximate surface area is 98.0 Å². The van der Waals surface area contributed by atoms with Gasteiger partial charge in [0.2, 0.25) is 0 Å². The third-order valence-corrected chi connectivity index (χ3v) is 3.06. The molecule has 0 aromatic heterocycles. The zero-order chi connectivity index (χ0) is 11.1. The van der Waals surface area contributed by atoms with Crippen molar-refractivity contribution in [2.45, 2.75) is 38.7 Å². The number of hydrogen-bond donors (Lipinski definition) is 1. The number of thiocarbonyl (C=S) groups is 1. The zero-order valence-electron chi connectivity index (χ0n) is 9.58. The lowest BCUT2D eigenvalue weighted by atomic mass is 10.2. The van der Waals surface area contributed by atoms with Gasteiger partial charge < -0.3 is 10.5 Å². The Hall–Kier alpha value is -0.190. The molecule has 1 saturated heterocycles. The van der Waals surface area contributed by atoms with Crippen LogP contribution in [0.25, 0.3) is 0 Å². The van der Waals surface area contributed by atoms with Gasteiger partial charge in [-0.3, -0.25) is 4.90 Å². The first-order valence-electron chi connectivity index (χ1n) is 5.87. The molecule has 15 heavy (non-hydrogen) atoms. The van der Waals surface area contributed by atoms with Crippen molar-refractivity contribution in [3.63, 3.8) is 0 Å². The van der Waals surface area contributed by atoms with Crippen molar-refractivity contribution in [3.8, 4) is 0 Å². The van der Waals surface area contributed by atoms with E-state index in [4.69, 9.17) is 22.7 Å². The summed E-state index contributed by atoms with van der Waals surface area (Å²) in [5.74, 6) is 0. The summed E-state index contributed by atoms with van der Waals surface area (Å²) in [6, 6.07) is 0. The molecule has 0 aromatic carbocycles. The van der Waals surface area contributed by atoms with Crippen molar-refractivity contribution in [1.82, 2.24) is 4.90 Å². The van der Waals surface area contributed by atoms with E-state index in [1.54, 1.807) is 0 Å². The first kappa shape index (κ1) is 12.9. The average Bonchev–Trinajstić information content (AvgIpc) is 2.25. The predicted molar refractivity (Wildman–Crippen MR) is 67.1 cm³/mol. The third-order valence-electron chi connectivity index (χ3n) is 2.80. The molecule has 1 rings (SSSR count). The highest BCUT2D eigenvalue weighted by atomic mass is 32.1. The topological polar surface area (TPSA) is 38.5 Å². The molecule has 0 amide bonds. The van der Waals surface area contributed by atoms with E-state index >= 15 is 0 Å². The molecule has 0 aromatic rings. The van der Waals surface area contributed by atoms with Gasteiger partial charge in [-0.05, 0) is 13.0 Å². The van der Waals surface area contributed by atoms with E-state index < -0.39 is 0 Å². The Morgan fingerprint density at radius 1 is 1.47 bits per heavy atom. The van der Waals surface area contributed by atoms with Gasteiger partial charge in [-0.1, -0.05) is 38.4 Å². The van der Waals surface area contributed by atoms with Crippen molar-refractivity contribution in [2.24, 2.45) is 5.73 Å². The molecule has 0 bridgehead atoms. The minimum absolute atomic E-state index is 0.0278. The van der Waals surface area contributed by atoms with Gasteiger partial charge in [-0.15, -0.1) is 0 Å². The Balaban J connectivity index is 2.15. The average molecular weight is 230 g/mol. The molecule has 4 heteroatoms. The summed E-state index contributed by atoms with van der Waals surface area (Å²) >= 11 is 4.95. The van der Waals surface area contributed by atoms with E-state index in [2.05, 4.69) is 11.8 Å². The van der Waals surface area contributed by atoms with E-state index in [0.717, 1.165) is 26.2 Å². The van der Waals surface area contributed by atoms with Crippen LogP contribution in [0.2, 0.25) is 0 Å². The first-order valence-corrected chi connectivity index (χ1v) is 6.28. The third kappa shape index (κ3) is 4.91. The minimum Gasteiger partial charge on any atom is -0.391 e. The predicted octanol–water partition coefficient (Wildman–Crippen LogP) is 1.55. The largest absolute Gasteiger partial charge is 0.391 e. The maximum atomic E-state index is 5.59. The van der Waals surface area contributed by atoms with Crippen molar-refractivity contribution < 1.29 is 4.74 Å². The lowest BCUT2D eigenvalue weighted by molar-refractivity contribution is 0.00668. The normalized spacial score (nSPS) is 22.9. The smallest absolute Gasteiger partial charge is 0.120 e. The summed E-state index contributed by atoms with van der Waals surface area (Å²) in [5, 5.41) is 0. The molecule has 1 atom stereocenters. The van der Waals surface area contributed by atoms with Crippen LogP contribution < -0.4 is 5.73 Å². The summed E-state index contributed by atoms with van der Waals surface area (Å²) in [7, 11) is 0. The number of rotatable bonds is 6. The van der Waals surface area contributed by atoms with Crippen LogP contribution in [-0.4, -0.2) is 42.2 Å². The number of nitrogens with two attached hydrogens (primary N) is 1. The summed E-state index contributed by atoms with van der Waals surface area (Å²) < 4.78 is 5.49. The van der Waals surface area contributed by atoms with Crippen LogP contribution >= 0.6 is 12.2 Å². The molecular formula is C11H22N2OS. The Kier molecular flexibility index (Phi) is 6.13. The number of nitrogens with zero attached hydrogens (tertiary/aromatic N) is 1. The summed E-state index contributed by atoms with van der Waals surface area (Å²) in [5.41, 5.74) is 5.59. The van der Waals surface area contributed by atoms with Crippen molar-refractivity contribution in [1.29, 1.82) is 0 Å². The molecule has 0 saturated carbocycles. The highest BCUT2D eigenvalue weighted by Crippen LogP contribution is 2.08. The SMILES string of the molecule is CCCCCCN1CCOC(C(N)=S)C1. The number of unbranched alkanes of at least 4 members (excludes halogenated alkanes) is 3. The molecule has 88 valence electrons. The fourth-order valence-electron chi connectivity index (χ4n) is 1.84. The fraction of sp³-hybridized carbons (Fsp3) is 0.909. The van der Waals surface area contributed by atoms with Crippen molar-refractivity contribution in [2.75, 3.05) is 26.2 Å². The maximum absolute atomic E-state index is 5.59. The standard InChI is InChI=1S/C11H22N2OS/c1-2-3-4-5-6-13-7-8-14-10(9-13)11(12)15/h10H,2-9H2,1H3,(H2,12,15). The number of ether oxygens (including phenoxy) is 1. The van der Waals surface area contributed by atoms with Crippen LogP contribution in [0.1, 0.15) is 32.6 Å². The van der Waals surface area contributed by atoms with Crippen LogP contribution in [0.5, 0.6) is 0 Å². The molecule has 0 radical (unpaired) electrons. The summed E-state index contributed by atoms with van der Waals surface area (Å²) in [6.07, 6.45) is 5.20. The van der Waals surface area contributed by atoms with Gasteiger partial charge in [0.25, 0.3) is 0 Å². The molecule has 1 heterocycles. The van der Waals surface area contributed by atoms with E-state index in [1.807, 2.05) is 0 Å². The molecular weight excluding hydrogens is 208 g/mol.